The summed E-state index contributed by atoms with van der Waals surface area (Å²) in [6.07, 6.45) is 1.87. The van der Waals surface area contributed by atoms with E-state index in [4.69, 9.17) is 22.1 Å². The molecule has 0 saturated carbocycles. The lowest BCUT2D eigenvalue weighted by Gasteiger charge is -2.21. The van der Waals surface area contributed by atoms with E-state index < -0.39 is 0 Å². The molecule has 11 heavy (non-hydrogen) atoms. The van der Waals surface area contributed by atoms with Crippen molar-refractivity contribution in [3.05, 3.63) is 0 Å². The van der Waals surface area contributed by atoms with Crippen molar-refractivity contribution in [2.75, 3.05) is 19.5 Å². The Labute approximate surface area is 77.3 Å². The normalized spacial score (nSPS) is 11.3. The number of hydrogen-bond acceptors (Lipinski definition) is 4. The Kier molecular flexibility index (Phi) is 5.04. The number of ether oxygens (including phenoxy) is 1. The zero-order valence-electron chi connectivity index (χ0n) is 7.09. The Balaban J connectivity index is 3.61. The first kappa shape index (κ1) is 11.2. The van der Waals surface area contributed by atoms with Crippen molar-refractivity contribution in [1.82, 2.24) is 0 Å². The fraction of sp³-hybridized carbons (Fsp3) is 0.857. The number of aliphatic hydroxyl groups is 1. The van der Waals surface area contributed by atoms with E-state index in [2.05, 4.69) is 0 Å². The van der Waals surface area contributed by atoms with Crippen molar-refractivity contribution >= 4 is 28.4 Å². The van der Waals surface area contributed by atoms with E-state index in [1.807, 2.05) is 20.1 Å². The van der Waals surface area contributed by atoms with Crippen LogP contribution in [0.2, 0.25) is 0 Å². The topological polar surface area (TPSA) is 29.5 Å². The van der Waals surface area contributed by atoms with E-state index >= 15 is 0 Å². The first-order valence-electron chi connectivity index (χ1n) is 3.33. The molecule has 0 rings (SSSR count). The maximum atomic E-state index is 8.85. The van der Waals surface area contributed by atoms with Gasteiger partial charge in [0.1, 0.15) is 0 Å². The highest BCUT2D eigenvalue weighted by atomic mass is 32.2. The van der Waals surface area contributed by atoms with Gasteiger partial charge in [-0.25, -0.2) is 0 Å². The summed E-state index contributed by atoms with van der Waals surface area (Å²) in [6.45, 7) is 4.44. The van der Waals surface area contributed by atoms with Crippen molar-refractivity contribution in [1.29, 1.82) is 0 Å². The van der Waals surface area contributed by atoms with Crippen LogP contribution in [0, 0.1) is 5.41 Å². The minimum absolute atomic E-state index is 0.115. The molecule has 2 nitrogen and oxygen atoms in total. The molecule has 0 aliphatic heterocycles. The minimum Gasteiger partial charge on any atom is -0.478 e. The lowest BCUT2D eigenvalue weighted by atomic mass is 9.97. The number of rotatable bonds is 3. The van der Waals surface area contributed by atoms with Crippen LogP contribution in [-0.4, -0.2) is 29.0 Å². The Morgan fingerprint density at radius 3 is 2.55 bits per heavy atom. The number of hydrogen-bond donors (Lipinski definition) is 1. The van der Waals surface area contributed by atoms with E-state index in [1.54, 1.807) is 0 Å². The molecule has 0 amide bonds. The molecule has 0 heterocycles. The highest BCUT2D eigenvalue weighted by molar-refractivity contribution is 8.22. The largest absolute Gasteiger partial charge is 0.478 e. The summed E-state index contributed by atoms with van der Waals surface area (Å²) in [6, 6.07) is 0. The summed E-state index contributed by atoms with van der Waals surface area (Å²) in [5.41, 5.74) is -0.195. The summed E-state index contributed by atoms with van der Waals surface area (Å²) in [7, 11) is 0. The predicted octanol–water partition coefficient (Wildman–Crippen LogP) is 1.67. The molecule has 0 fully saturated rings. The van der Waals surface area contributed by atoms with Crippen LogP contribution in [0.25, 0.3) is 0 Å². The van der Waals surface area contributed by atoms with Gasteiger partial charge in [-0.2, -0.15) is 0 Å². The fourth-order valence-corrected chi connectivity index (χ4v) is 0.595. The molecule has 0 radical (unpaired) electrons. The maximum Gasteiger partial charge on any atom is 0.219 e. The van der Waals surface area contributed by atoms with Gasteiger partial charge in [0.25, 0.3) is 0 Å². The molecule has 1 N–H and O–H groups in total. The molecular weight excluding hydrogens is 180 g/mol. The molecule has 0 saturated heterocycles. The Morgan fingerprint density at radius 2 is 2.18 bits per heavy atom. The molecule has 0 bridgehead atoms. The van der Waals surface area contributed by atoms with Crippen molar-refractivity contribution in [2.45, 2.75) is 13.8 Å². The smallest absolute Gasteiger partial charge is 0.219 e. The number of thioether (sulfide) groups is 1. The van der Waals surface area contributed by atoms with Gasteiger partial charge < -0.3 is 9.84 Å². The summed E-state index contributed by atoms with van der Waals surface area (Å²) in [5, 5.41) is 8.85. The van der Waals surface area contributed by atoms with Gasteiger partial charge in [0, 0.05) is 5.41 Å². The van der Waals surface area contributed by atoms with Crippen LogP contribution in [-0.2, 0) is 4.74 Å². The summed E-state index contributed by atoms with van der Waals surface area (Å²) in [4.78, 5) is 0. The van der Waals surface area contributed by atoms with Crippen LogP contribution in [0.15, 0.2) is 0 Å². The second-order valence-corrected chi connectivity index (χ2v) is 4.47. The van der Waals surface area contributed by atoms with Crippen LogP contribution >= 0.6 is 24.0 Å². The molecule has 0 spiro atoms. The number of thiocarbonyl (C=S) groups is 1. The first-order valence-corrected chi connectivity index (χ1v) is 4.97. The monoisotopic (exact) mass is 194 g/mol. The second kappa shape index (κ2) is 4.95. The third-order valence-electron chi connectivity index (χ3n) is 1.18. The van der Waals surface area contributed by atoms with Crippen molar-refractivity contribution in [3.63, 3.8) is 0 Å². The molecule has 0 aliphatic rings. The zero-order valence-corrected chi connectivity index (χ0v) is 8.72. The average Bonchev–Trinajstić information content (AvgIpc) is 2.00. The molecular formula is C7H14O2S2. The zero-order chi connectivity index (χ0) is 8.91. The Morgan fingerprint density at radius 1 is 1.64 bits per heavy atom. The molecule has 66 valence electrons. The molecule has 0 aromatic carbocycles. The minimum atomic E-state index is -0.195. The highest BCUT2D eigenvalue weighted by Gasteiger charge is 2.17. The SMILES string of the molecule is CSC(=S)OCC(C)(C)CO. The van der Waals surface area contributed by atoms with E-state index in [0.717, 1.165) is 0 Å². The molecule has 0 aromatic rings. The standard InChI is InChI=1S/C7H14O2S2/c1-7(2,4-8)5-9-6(10)11-3/h8H,4-5H2,1-3H3. The Hall–Kier alpha value is 0.200. The van der Waals surface area contributed by atoms with Gasteiger partial charge in [0.05, 0.1) is 13.2 Å². The fourth-order valence-electron chi connectivity index (χ4n) is 0.359. The van der Waals surface area contributed by atoms with Gasteiger partial charge >= 0.3 is 0 Å². The molecule has 4 heteroatoms. The summed E-state index contributed by atoms with van der Waals surface area (Å²) < 4.78 is 5.72. The molecule has 0 unspecified atom stereocenters. The van der Waals surface area contributed by atoms with E-state index in [1.165, 1.54) is 11.8 Å². The molecule has 0 atom stereocenters. The Bertz CT molecular complexity index is 134. The third-order valence-corrected chi connectivity index (χ3v) is 2.24. The van der Waals surface area contributed by atoms with Gasteiger partial charge in [-0.1, -0.05) is 25.6 Å². The number of aliphatic hydroxyl groups excluding tert-OH is 1. The lowest BCUT2D eigenvalue weighted by molar-refractivity contribution is 0.0960. The van der Waals surface area contributed by atoms with Crippen molar-refractivity contribution in [2.24, 2.45) is 5.41 Å². The van der Waals surface area contributed by atoms with Crippen LogP contribution in [0.3, 0.4) is 0 Å². The van der Waals surface area contributed by atoms with Gasteiger partial charge in [-0.3, -0.25) is 0 Å². The van der Waals surface area contributed by atoms with E-state index in [9.17, 15) is 0 Å². The average molecular weight is 194 g/mol. The predicted molar refractivity (Wildman–Crippen MR) is 52.9 cm³/mol. The van der Waals surface area contributed by atoms with Gasteiger partial charge in [0.15, 0.2) is 0 Å². The van der Waals surface area contributed by atoms with Crippen LogP contribution < -0.4 is 0 Å². The van der Waals surface area contributed by atoms with Crippen molar-refractivity contribution < 1.29 is 9.84 Å². The van der Waals surface area contributed by atoms with Gasteiger partial charge in [0.2, 0.25) is 4.38 Å². The van der Waals surface area contributed by atoms with Crippen LogP contribution in [0.4, 0.5) is 0 Å². The maximum absolute atomic E-state index is 8.85. The van der Waals surface area contributed by atoms with E-state index in [-0.39, 0.29) is 12.0 Å². The summed E-state index contributed by atoms with van der Waals surface area (Å²) in [5.74, 6) is 0. The quantitative estimate of drug-likeness (QED) is 0.692. The third kappa shape index (κ3) is 5.47. The summed E-state index contributed by atoms with van der Waals surface area (Å²) >= 11 is 6.23. The van der Waals surface area contributed by atoms with E-state index in [0.29, 0.717) is 11.0 Å². The lowest BCUT2D eigenvalue weighted by Crippen LogP contribution is -2.24. The highest BCUT2D eigenvalue weighted by Crippen LogP contribution is 2.15. The molecule has 0 aromatic heterocycles. The van der Waals surface area contributed by atoms with Gasteiger partial charge in [-0.05, 0) is 18.5 Å². The molecule has 0 aliphatic carbocycles. The van der Waals surface area contributed by atoms with Crippen LogP contribution in [0.1, 0.15) is 13.8 Å². The second-order valence-electron chi connectivity index (χ2n) is 3.07. The van der Waals surface area contributed by atoms with Crippen LogP contribution in [0.5, 0.6) is 0 Å². The first-order chi connectivity index (χ1) is 5.02. The van der Waals surface area contributed by atoms with Crippen molar-refractivity contribution in [3.8, 4) is 0 Å². The van der Waals surface area contributed by atoms with Gasteiger partial charge in [-0.15, -0.1) is 0 Å².